The second-order valence-corrected chi connectivity index (χ2v) is 7.11. The molecule has 172 valence electrons. The molecule has 33 heavy (non-hydrogen) atoms. The number of aryl methyl sites for hydroxylation is 1. The Morgan fingerprint density at radius 2 is 1.42 bits per heavy atom. The number of aliphatic hydroxyl groups is 1. The molecule has 4 nitrogen and oxygen atoms in total. The Labute approximate surface area is 197 Å². The van der Waals surface area contributed by atoms with Crippen LogP contribution in [0.15, 0.2) is 73.1 Å². The molecule has 0 saturated carbocycles. The predicted molar refractivity (Wildman–Crippen MR) is 139 cm³/mol. The maximum absolute atomic E-state index is 12.1. The van der Waals surface area contributed by atoms with Gasteiger partial charge in [0.15, 0.2) is 5.78 Å². The largest absolute Gasteiger partial charge is 0.396 e. The zero-order valence-electron chi connectivity index (χ0n) is 20.3. The highest BCUT2D eigenvalue weighted by Crippen LogP contribution is 2.27. The third-order valence-corrected chi connectivity index (χ3v) is 5.08. The van der Waals surface area contributed by atoms with Gasteiger partial charge in [0.25, 0.3) is 0 Å². The van der Waals surface area contributed by atoms with Gasteiger partial charge in [0, 0.05) is 35.5 Å². The van der Waals surface area contributed by atoms with E-state index in [9.17, 15) is 4.79 Å². The summed E-state index contributed by atoms with van der Waals surface area (Å²) < 4.78 is 0. The van der Waals surface area contributed by atoms with Crippen molar-refractivity contribution in [2.75, 3.05) is 6.61 Å². The summed E-state index contributed by atoms with van der Waals surface area (Å²) in [5, 5.41) is 9.74. The van der Waals surface area contributed by atoms with Crippen LogP contribution >= 0.6 is 0 Å². The molecule has 0 spiro atoms. The molecule has 4 rings (SSSR count). The SMILES string of the molecule is CC.CC.CC(=O)c1cc(-c2ccc(-c3ccc(CCCO)cc3)cc2)nc2ccncc12. The van der Waals surface area contributed by atoms with Crippen LogP contribution in [0, 0.1) is 0 Å². The minimum absolute atomic E-state index is 0.00422. The van der Waals surface area contributed by atoms with Crippen molar-refractivity contribution in [1.29, 1.82) is 0 Å². The lowest BCUT2D eigenvalue weighted by molar-refractivity contribution is 0.101. The molecular formula is C29H34N2O2. The summed E-state index contributed by atoms with van der Waals surface area (Å²) in [7, 11) is 0. The minimum Gasteiger partial charge on any atom is -0.396 e. The van der Waals surface area contributed by atoms with Gasteiger partial charge in [0.1, 0.15) is 0 Å². The number of pyridine rings is 2. The van der Waals surface area contributed by atoms with Crippen LogP contribution < -0.4 is 0 Å². The van der Waals surface area contributed by atoms with Crippen molar-refractivity contribution in [2.45, 2.75) is 47.5 Å². The number of carbonyl (C=O) groups excluding carboxylic acids is 1. The number of rotatable bonds is 6. The van der Waals surface area contributed by atoms with E-state index in [2.05, 4.69) is 41.4 Å². The zero-order valence-corrected chi connectivity index (χ0v) is 20.3. The Morgan fingerprint density at radius 3 is 2.00 bits per heavy atom. The number of fused-ring (bicyclic) bond motifs is 1. The van der Waals surface area contributed by atoms with Gasteiger partial charge in [0.2, 0.25) is 0 Å². The quantitative estimate of drug-likeness (QED) is 0.322. The van der Waals surface area contributed by atoms with Gasteiger partial charge in [-0.1, -0.05) is 76.2 Å². The van der Waals surface area contributed by atoms with E-state index in [4.69, 9.17) is 10.1 Å². The fourth-order valence-electron chi connectivity index (χ4n) is 3.49. The third kappa shape index (κ3) is 6.56. The molecule has 0 atom stereocenters. The number of aromatic nitrogens is 2. The first-order valence-corrected chi connectivity index (χ1v) is 11.7. The van der Waals surface area contributed by atoms with Gasteiger partial charge in [-0.05, 0) is 48.6 Å². The average Bonchev–Trinajstić information content (AvgIpc) is 2.89. The molecule has 0 aliphatic rings. The number of carbonyl (C=O) groups is 1. The molecule has 0 radical (unpaired) electrons. The van der Waals surface area contributed by atoms with Crippen molar-refractivity contribution in [3.05, 3.63) is 84.2 Å². The molecule has 0 unspecified atom stereocenters. The molecule has 0 amide bonds. The molecule has 0 saturated heterocycles. The van der Waals surface area contributed by atoms with Crippen molar-refractivity contribution < 1.29 is 9.90 Å². The van der Waals surface area contributed by atoms with Crippen LogP contribution in [0.4, 0.5) is 0 Å². The van der Waals surface area contributed by atoms with E-state index in [0.29, 0.717) is 5.56 Å². The number of nitrogens with zero attached hydrogens (tertiary/aromatic N) is 2. The fraction of sp³-hybridized carbons (Fsp3) is 0.276. The summed E-state index contributed by atoms with van der Waals surface area (Å²) in [6.07, 6.45) is 5.05. The molecule has 0 bridgehead atoms. The summed E-state index contributed by atoms with van der Waals surface area (Å²) >= 11 is 0. The number of ketones is 1. The molecule has 1 N–H and O–H groups in total. The van der Waals surface area contributed by atoms with Crippen LogP contribution in [0.1, 0.15) is 57.0 Å². The van der Waals surface area contributed by atoms with Crippen molar-refractivity contribution in [3.8, 4) is 22.4 Å². The number of benzene rings is 2. The summed E-state index contributed by atoms with van der Waals surface area (Å²) in [5.41, 5.74) is 6.65. The van der Waals surface area contributed by atoms with E-state index in [1.807, 2.05) is 52.0 Å². The molecule has 0 fully saturated rings. The van der Waals surface area contributed by atoms with Gasteiger partial charge < -0.3 is 5.11 Å². The molecule has 4 aromatic rings. The first kappa shape index (κ1) is 25.9. The smallest absolute Gasteiger partial charge is 0.160 e. The van der Waals surface area contributed by atoms with Gasteiger partial charge in [-0.25, -0.2) is 4.98 Å². The Morgan fingerprint density at radius 1 is 0.848 bits per heavy atom. The lowest BCUT2D eigenvalue weighted by atomic mass is 9.99. The van der Waals surface area contributed by atoms with Gasteiger partial charge in [-0.2, -0.15) is 0 Å². The fourth-order valence-corrected chi connectivity index (χ4v) is 3.49. The highest BCUT2D eigenvalue weighted by atomic mass is 16.2. The van der Waals surface area contributed by atoms with Gasteiger partial charge in [-0.15, -0.1) is 0 Å². The maximum atomic E-state index is 12.1. The van der Waals surface area contributed by atoms with Crippen molar-refractivity contribution >= 4 is 16.7 Å². The van der Waals surface area contributed by atoms with Crippen LogP contribution in [-0.4, -0.2) is 27.5 Å². The number of hydrogen-bond acceptors (Lipinski definition) is 4. The highest BCUT2D eigenvalue weighted by Gasteiger charge is 2.11. The van der Waals surface area contributed by atoms with Crippen LogP contribution in [0.2, 0.25) is 0 Å². The third-order valence-electron chi connectivity index (χ3n) is 5.08. The molecule has 0 aliphatic heterocycles. The van der Waals surface area contributed by atoms with E-state index in [0.717, 1.165) is 46.1 Å². The van der Waals surface area contributed by atoms with E-state index >= 15 is 0 Å². The summed E-state index contributed by atoms with van der Waals surface area (Å²) in [5.74, 6) is 0.00422. The second kappa shape index (κ2) is 13.2. The van der Waals surface area contributed by atoms with Crippen LogP contribution in [0.25, 0.3) is 33.3 Å². The summed E-state index contributed by atoms with van der Waals surface area (Å²) in [6, 6.07) is 20.3. The Kier molecular flexibility index (Phi) is 10.4. The summed E-state index contributed by atoms with van der Waals surface area (Å²) in [6.45, 7) is 9.78. The van der Waals surface area contributed by atoms with Gasteiger partial charge in [-0.3, -0.25) is 9.78 Å². The van der Waals surface area contributed by atoms with Crippen LogP contribution in [0.3, 0.4) is 0 Å². The monoisotopic (exact) mass is 442 g/mol. The lowest BCUT2D eigenvalue weighted by Crippen LogP contribution is -1.98. The minimum atomic E-state index is 0.00422. The molecule has 2 heterocycles. The number of aliphatic hydroxyl groups excluding tert-OH is 1. The normalized spacial score (nSPS) is 10.0. The molecule has 0 aliphatic carbocycles. The Hall–Kier alpha value is -3.37. The summed E-state index contributed by atoms with van der Waals surface area (Å²) in [4.78, 5) is 20.9. The van der Waals surface area contributed by atoms with Crippen molar-refractivity contribution in [1.82, 2.24) is 9.97 Å². The Bertz CT molecular complexity index is 1150. The van der Waals surface area contributed by atoms with Crippen molar-refractivity contribution in [2.24, 2.45) is 0 Å². The molecule has 2 aromatic heterocycles. The van der Waals surface area contributed by atoms with Crippen LogP contribution in [0.5, 0.6) is 0 Å². The molecular weight excluding hydrogens is 408 g/mol. The van der Waals surface area contributed by atoms with Crippen molar-refractivity contribution in [3.63, 3.8) is 0 Å². The lowest BCUT2D eigenvalue weighted by Gasteiger charge is -2.09. The average molecular weight is 443 g/mol. The highest BCUT2D eigenvalue weighted by molar-refractivity contribution is 6.06. The van der Waals surface area contributed by atoms with E-state index in [1.54, 1.807) is 19.3 Å². The maximum Gasteiger partial charge on any atom is 0.160 e. The van der Waals surface area contributed by atoms with Gasteiger partial charge >= 0.3 is 0 Å². The Balaban J connectivity index is 0.000000914. The number of Topliss-reactive ketones (excluding diaryl/α,β-unsaturated/α-hetero) is 1. The van der Waals surface area contributed by atoms with E-state index in [-0.39, 0.29) is 12.4 Å². The molecule has 4 heteroatoms. The second-order valence-electron chi connectivity index (χ2n) is 7.11. The van der Waals surface area contributed by atoms with E-state index < -0.39 is 0 Å². The first-order valence-electron chi connectivity index (χ1n) is 11.7. The molecule has 2 aromatic carbocycles. The van der Waals surface area contributed by atoms with Crippen LogP contribution in [-0.2, 0) is 6.42 Å². The topological polar surface area (TPSA) is 63.1 Å². The predicted octanol–water partition coefficient (Wildman–Crippen LogP) is 7.14. The van der Waals surface area contributed by atoms with Gasteiger partial charge in [0.05, 0.1) is 11.2 Å². The zero-order chi connectivity index (χ0) is 24.2. The van der Waals surface area contributed by atoms with E-state index in [1.165, 1.54) is 5.56 Å². The standard InChI is InChI=1S/C25H22N2O2.2C2H6/c1-17(29)22-15-25(27-24-12-13-26-16-23(22)24)21-10-8-20(9-11-21)19-6-4-18(5-7-19)3-2-14-28;2*1-2/h4-13,15-16,28H,2-3,14H2,1H3;2*1-2H3. The first-order chi connectivity index (χ1) is 16.2. The number of hydrogen-bond donors (Lipinski definition) is 1.